The first kappa shape index (κ1) is 14.8. The van der Waals surface area contributed by atoms with E-state index in [-0.39, 0.29) is 6.67 Å². The van der Waals surface area contributed by atoms with Gasteiger partial charge in [0, 0.05) is 10.0 Å². The summed E-state index contributed by atoms with van der Waals surface area (Å²) in [6.07, 6.45) is 1.95. The van der Waals surface area contributed by atoms with Crippen LogP contribution in [0.25, 0.3) is 11.4 Å². The number of aromatic nitrogens is 2. The minimum absolute atomic E-state index is 0.210. The number of H-pyrrole nitrogens is 1. The van der Waals surface area contributed by atoms with E-state index >= 15 is 0 Å². The average molecular weight is 367 g/mol. The van der Waals surface area contributed by atoms with Crippen molar-refractivity contribution in [3.8, 4) is 11.4 Å². The normalized spacial score (nSPS) is 21.0. The van der Waals surface area contributed by atoms with Crippen LogP contribution >= 0.6 is 27.7 Å². The van der Waals surface area contributed by atoms with Crippen LogP contribution < -0.4 is 4.65 Å². The van der Waals surface area contributed by atoms with E-state index in [4.69, 9.17) is 0 Å². The molecule has 3 rings (SSSR count). The van der Waals surface area contributed by atoms with E-state index < -0.39 is 4.65 Å². The Hall–Kier alpha value is -1.15. The second kappa shape index (κ2) is 5.57. The third-order valence-corrected chi connectivity index (χ3v) is 4.80. The first-order valence-corrected chi connectivity index (χ1v) is 8.62. The zero-order valence-electron chi connectivity index (χ0n) is 11.8. The summed E-state index contributed by atoms with van der Waals surface area (Å²) < 4.78 is 0.527. The lowest BCUT2D eigenvalue weighted by molar-refractivity contribution is 0.389. The molecule has 0 bridgehead atoms. The molecule has 0 fully saturated rings. The maximum atomic E-state index is 12.8. The van der Waals surface area contributed by atoms with Crippen molar-refractivity contribution in [2.24, 2.45) is 4.99 Å². The highest BCUT2D eigenvalue weighted by Gasteiger charge is 2.33. The molecule has 0 radical (unpaired) electrons. The molecule has 0 spiro atoms. The van der Waals surface area contributed by atoms with Crippen LogP contribution in [0.2, 0.25) is 0 Å². The van der Waals surface area contributed by atoms with Crippen molar-refractivity contribution >= 4 is 38.6 Å². The third-order valence-electron chi connectivity index (χ3n) is 3.56. The molecule has 21 heavy (non-hydrogen) atoms. The molecule has 1 aliphatic rings. The highest BCUT2D eigenvalue weighted by molar-refractivity contribution is 9.10. The molecular formula is C14H15BrN4OS. The van der Waals surface area contributed by atoms with Crippen LogP contribution in [0, 0.1) is 5.21 Å². The Morgan fingerprint density at radius 3 is 2.71 bits per heavy atom. The van der Waals surface area contributed by atoms with E-state index in [1.807, 2.05) is 37.4 Å². The summed E-state index contributed by atoms with van der Waals surface area (Å²) in [7, 11) is 0. The number of hydroxylamine groups is 2. The summed E-state index contributed by atoms with van der Waals surface area (Å²) in [5.41, 5.74) is 1.64. The SMILES string of the molecule is CC[N+]1([O-])CN=C(SC)c2nc(-c3ccc(Br)cc3)[nH]c21. The highest BCUT2D eigenvalue weighted by Crippen LogP contribution is 2.34. The molecule has 1 aliphatic heterocycles. The number of halogens is 1. The van der Waals surface area contributed by atoms with E-state index in [2.05, 4.69) is 30.9 Å². The number of nitrogens with zero attached hydrogens (tertiary/aromatic N) is 3. The molecule has 0 saturated carbocycles. The predicted octanol–water partition coefficient (Wildman–Crippen LogP) is 3.74. The number of aliphatic imine (C=N–C) groups is 1. The van der Waals surface area contributed by atoms with Gasteiger partial charge in [0.25, 0.3) is 0 Å². The fourth-order valence-electron chi connectivity index (χ4n) is 2.30. The second-order valence-corrected chi connectivity index (χ2v) is 6.51. The van der Waals surface area contributed by atoms with Crippen molar-refractivity contribution in [2.45, 2.75) is 6.92 Å². The van der Waals surface area contributed by atoms with Gasteiger partial charge in [0.05, 0.1) is 6.54 Å². The average Bonchev–Trinajstić information content (AvgIpc) is 2.95. The van der Waals surface area contributed by atoms with E-state index in [1.54, 1.807) is 0 Å². The van der Waals surface area contributed by atoms with Gasteiger partial charge >= 0.3 is 0 Å². The Kier molecular flexibility index (Phi) is 3.92. The van der Waals surface area contributed by atoms with E-state index in [9.17, 15) is 5.21 Å². The van der Waals surface area contributed by atoms with Crippen LogP contribution in [0.15, 0.2) is 33.7 Å². The summed E-state index contributed by atoms with van der Waals surface area (Å²) in [6, 6.07) is 7.85. The molecule has 1 aromatic heterocycles. The molecule has 1 atom stereocenters. The predicted molar refractivity (Wildman–Crippen MR) is 92.3 cm³/mol. The number of rotatable bonds is 2. The Labute approximate surface area is 135 Å². The van der Waals surface area contributed by atoms with E-state index in [0.717, 1.165) is 15.1 Å². The number of benzene rings is 1. The maximum absolute atomic E-state index is 12.8. The number of quaternary nitrogens is 1. The monoisotopic (exact) mass is 366 g/mol. The van der Waals surface area contributed by atoms with Crippen molar-refractivity contribution in [2.75, 3.05) is 19.5 Å². The quantitative estimate of drug-likeness (QED) is 0.650. The fraction of sp³-hybridized carbons (Fsp3) is 0.286. The molecule has 110 valence electrons. The molecule has 5 nitrogen and oxygen atoms in total. The number of aromatic amines is 1. The van der Waals surface area contributed by atoms with Crippen molar-refractivity contribution in [3.63, 3.8) is 0 Å². The number of fused-ring (bicyclic) bond motifs is 1. The Morgan fingerprint density at radius 1 is 1.38 bits per heavy atom. The molecule has 1 aromatic carbocycles. The standard InChI is InChI=1S/C14H15BrN4OS/c1-3-19(20)8-16-14(21-2)11-13(19)18-12(17-11)9-4-6-10(15)7-5-9/h4-7H,3,8H2,1-2H3,(H,17,18). The summed E-state index contributed by atoms with van der Waals surface area (Å²) in [5.74, 6) is 1.32. The van der Waals surface area contributed by atoms with Crippen LogP contribution in [-0.2, 0) is 0 Å². The maximum Gasteiger partial charge on any atom is 0.237 e. The van der Waals surface area contributed by atoms with Gasteiger partial charge in [0.1, 0.15) is 10.9 Å². The van der Waals surface area contributed by atoms with Crippen molar-refractivity contribution in [3.05, 3.63) is 39.6 Å². The van der Waals surface area contributed by atoms with Gasteiger partial charge in [-0.3, -0.25) is 9.63 Å². The number of hydrogen-bond donors (Lipinski definition) is 1. The lowest BCUT2D eigenvalue weighted by Gasteiger charge is -2.40. The molecule has 1 unspecified atom stereocenters. The van der Waals surface area contributed by atoms with Crippen LogP contribution in [-0.4, -0.2) is 34.5 Å². The first-order chi connectivity index (χ1) is 10.1. The Balaban J connectivity index is 2.12. The fourth-order valence-corrected chi connectivity index (χ4v) is 3.08. The number of hydrogen-bond acceptors (Lipinski definition) is 4. The summed E-state index contributed by atoms with van der Waals surface area (Å²) in [4.78, 5) is 12.2. The van der Waals surface area contributed by atoms with E-state index in [1.165, 1.54) is 11.8 Å². The Bertz CT molecular complexity index is 697. The van der Waals surface area contributed by atoms with Gasteiger partial charge in [-0.15, -0.1) is 11.8 Å². The summed E-state index contributed by atoms with van der Waals surface area (Å²) in [6.45, 7) is 2.51. The topological polar surface area (TPSA) is 64.1 Å². The van der Waals surface area contributed by atoms with Gasteiger partial charge < -0.3 is 5.21 Å². The van der Waals surface area contributed by atoms with Crippen LogP contribution in [0.1, 0.15) is 12.6 Å². The molecule has 2 heterocycles. The zero-order valence-corrected chi connectivity index (χ0v) is 14.2. The van der Waals surface area contributed by atoms with Crippen LogP contribution in [0.4, 0.5) is 5.82 Å². The first-order valence-electron chi connectivity index (χ1n) is 6.61. The largest absolute Gasteiger partial charge is 0.625 e. The minimum atomic E-state index is -0.483. The lowest BCUT2D eigenvalue weighted by Crippen LogP contribution is -2.46. The third kappa shape index (κ3) is 2.55. The number of nitrogens with one attached hydrogen (secondary N) is 1. The number of imidazole rings is 1. The van der Waals surface area contributed by atoms with Crippen molar-refractivity contribution in [1.29, 1.82) is 0 Å². The van der Waals surface area contributed by atoms with Crippen LogP contribution in [0.3, 0.4) is 0 Å². The minimum Gasteiger partial charge on any atom is -0.625 e. The molecule has 1 N–H and O–H groups in total. The zero-order chi connectivity index (χ0) is 15.0. The number of thioether (sulfide) groups is 1. The van der Waals surface area contributed by atoms with Gasteiger partial charge in [-0.25, -0.2) is 9.98 Å². The van der Waals surface area contributed by atoms with Gasteiger partial charge in [0.15, 0.2) is 12.4 Å². The van der Waals surface area contributed by atoms with Crippen LogP contribution in [0.5, 0.6) is 0 Å². The molecule has 7 heteroatoms. The summed E-state index contributed by atoms with van der Waals surface area (Å²) >= 11 is 4.94. The lowest BCUT2D eigenvalue weighted by atomic mass is 10.2. The molecule has 0 saturated heterocycles. The second-order valence-electron chi connectivity index (χ2n) is 4.80. The molecular weight excluding hydrogens is 352 g/mol. The van der Waals surface area contributed by atoms with Gasteiger partial charge in [-0.2, -0.15) is 0 Å². The Morgan fingerprint density at radius 2 is 2.10 bits per heavy atom. The van der Waals surface area contributed by atoms with Gasteiger partial charge in [-0.05, 0) is 25.3 Å². The van der Waals surface area contributed by atoms with E-state index in [0.29, 0.717) is 23.9 Å². The molecule has 2 aromatic rings. The van der Waals surface area contributed by atoms with Gasteiger partial charge in [-0.1, -0.05) is 28.1 Å². The van der Waals surface area contributed by atoms with Gasteiger partial charge in [0.2, 0.25) is 5.82 Å². The molecule has 0 aliphatic carbocycles. The summed E-state index contributed by atoms with van der Waals surface area (Å²) in [5, 5.41) is 13.6. The highest BCUT2D eigenvalue weighted by atomic mass is 79.9. The molecule has 0 amide bonds. The van der Waals surface area contributed by atoms with Crippen molar-refractivity contribution in [1.82, 2.24) is 14.6 Å². The smallest absolute Gasteiger partial charge is 0.237 e. The van der Waals surface area contributed by atoms with Crippen molar-refractivity contribution < 1.29 is 0 Å².